The highest BCUT2D eigenvalue weighted by Gasteiger charge is 2.85. The Morgan fingerprint density at radius 1 is 0.488 bits per heavy atom. The van der Waals surface area contributed by atoms with Crippen molar-refractivity contribution in [2.45, 2.75) is 160 Å². The van der Waals surface area contributed by atoms with Gasteiger partial charge >= 0.3 is 33.4 Å². The third kappa shape index (κ3) is 16.4. The molecule has 0 atom stereocenters. The summed E-state index contributed by atoms with van der Waals surface area (Å²) >= 11 is 0. The molecule has 262 valence electrons. The second-order valence-electron chi connectivity index (χ2n) is 11.7. The van der Waals surface area contributed by atoms with Crippen LogP contribution in [0.3, 0.4) is 0 Å². The number of hydrogen-bond donors (Lipinski definition) is 1. The number of halogens is 9. The van der Waals surface area contributed by atoms with Gasteiger partial charge in [-0.1, -0.05) is 97.8 Å². The summed E-state index contributed by atoms with van der Waals surface area (Å²) < 4.78 is 135. The Kier molecular flexibility index (Phi) is 21.8. The molecular weight excluding hydrogens is 613 g/mol. The van der Waals surface area contributed by atoms with Crippen LogP contribution in [0.5, 0.6) is 0 Å². The lowest BCUT2D eigenvalue weighted by Gasteiger charge is -2.35. The Hall–Kier alpha value is -0.760. The number of unbranched alkanes of at least 4 members (excludes halogenated alkanes) is 15. The summed E-state index contributed by atoms with van der Waals surface area (Å²) in [6, 6.07) is 0. The van der Waals surface area contributed by atoms with Gasteiger partial charge in [-0.15, -0.1) is 0 Å². The Balaban J connectivity index is 0. The van der Waals surface area contributed by atoms with Crippen LogP contribution < -0.4 is 0 Å². The molecule has 0 aliphatic heterocycles. The zero-order chi connectivity index (χ0) is 33.8. The van der Waals surface area contributed by atoms with Gasteiger partial charge < -0.3 is 4.48 Å². The minimum absolute atomic E-state index is 1.36. The minimum Gasteiger partial charge on any atom is -0.326 e. The summed E-state index contributed by atoms with van der Waals surface area (Å²) in [5.74, 6) is -14.7. The van der Waals surface area contributed by atoms with E-state index in [2.05, 4.69) is 27.8 Å². The number of quaternary nitrogens is 1. The van der Waals surface area contributed by atoms with Crippen molar-refractivity contribution in [3.63, 3.8) is 0 Å². The zero-order valence-corrected chi connectivity index (χ0v) is 27.2. The predicted octanol–water partition coefficient (Wildman–Crippen LogP) is 10.8. The Bertz CT molecular complexity index is 767. The van der Waals surface area contributed by atoms with Crippen LogP contribution in [-0.4, -0.2) is 67.4 Å². The minimum atomic E-state index is -7.37. The van der Waals surface area contributed by atoms with E-state index in [4.69, 9.17) is 4.55 Å². The molecule has 0 heterocycles. The maximum Gasteiger partial charge on any atom is 0.460 e. The van der Waals surface area contributed by atoms with Gasteiger partial charge in [0.1, 0.15) is 0 Å². The van der Waals surface area contributed by atoms with Crippen LogP contribution in [0.4, 0.5) is 39.5 Å². The van der Waals surface area contributed by atoms with Gasteiger partial charge in [-0.2, -0.15) is 47.9 Å². The van der Waals surface area contributed by atoms with Crippen molar-refractivity contribution in [2.75, 3.05) is 26.7 Å². The lowest BCUT2D eigenvalue weighted by molar-refractivity contribution is -0.910. The van der Waals surface area contributed by atoms with E-state index in [9.17, 15) is 47.9 Å². The molecule has 43 heavy (non-hydrogen) atoms. The van der Waals surface area contributed by atoms with Gasteiger partial charge in [-0.05, 0) is 38.5 Å². The highest BCUT2D eigenvalue weighted by atomic mass is 32.2. The normalized spacial score (nSPS) is 13.6. The van der Waals surface area contributed by atoms with Crippen LogP contribution >= 0.6 is 0 Å². The molecule has 0 aromatic rings. The molecule has 0 saturated carbocycles. The number of nitrogens with zero attached hydrogens (tertiary/aromatic N) is 1. The number of hydrogen-bond acceptors (Lipinski definition) is 2. The van der Waals surface area contributed by atoms with E-state index in [0.29, 0.717) is 0 Å². The first-order valence-corrected chi connectivity index (χ1v) is 17.1. The van der Waals surface area contributed by atoms with E-state index in [0.717, 1.165) is 0 Å². The van der Waals surface area contributed by atoms with Crippen molar-refractivity contribution in [3.05, 3.63) is 0 Å². The van der Waals surface area contributed by atoms with Gasteiger partial charge in [0.2, 0.25) is 0 Å². The Morgan fingerprint density at radius 2 is 0.744 bits per heavy atom. The molecular formula is C29H55F9NO3S+. The maximum atomic E-state index is 12.2. The summed E-state index contributed by atoms with van der Waals surface area (Å²) in [6.45, 7) is 11.2. The first kappa shape index (κ1) is 44.4. The molecule has 0 aromatic carbocycles. The maximum absolute atomic E-state index is 12.2. The lowest BCUT2D eigenvalue weighted by Crippen LogP contribution is -2.63. The molecule has 0 radical (unpaired) electrons. The van der Waals surface area contributed by atoms with Crippen molar-refractivity contribution in [1.29, 1.82) is 0 Å². The average molecular weight is 669 g/mol. The van der Waals surface area contributed by atoms with Gasteiger partial charge in [0, 0.05) is 0 Å². The van der Waals surface area contributed by atoms with Gasteiger partial charge in [0.05, 0.1) is 26.7 Å². The first-order valence-electron chi connectivity index (χ1n) is 15.7. The molecule has 0 unspecified atom stereocenters. The summed E-state index contributed by atoms with van der Waals surface area (Å²) in [7, 11) is -4.61. The van der Waals surface area contributed by atoms with E-state index < -0.39 is 33.4 Å². The van der Waals surface area contributed by atoms with Gasteiger partial charge in [-0.3, -0.25) is 4.55 Å². The Morgan fingerprint density at radius 3 is 0.977 bits per heavy atom. The monoisotopic (exact) mass is 668 g/mol. The summed E-state index contributed by atoms with van der Waals surface area (Å²) in [6.07, 6.45) is 18.7. The fourth-order valence-corrected chi connectivity index (χ4v) is 5.13. The molecule has 14 heteroatoms. The van der Waals surface area contributed by atoms with Crippen molar-refractivity contribution >= 4 is 10.1 Å². The summed E-state index contributed by atoms with van der Waals surface area (Å²) in [4.78, 5) is 0. The molecule has 0 aliphatic rings. The fraction of sp³-hybridized carbons (Fsp3) is 1.00. The largest absolute Gasteiger partial charge is 0.460 e. The van der Waals surface area contributed by atoms with Gasteiger partial charge in [0.15, 0.2) is 0 Å². The van der Waals surface area contributed by atoms with Crippen LogP contribution in [0.1, 0.15) is 136 Å². The van der Waals surface area contributed by atoms with Crippen LogP contribution in [-0.2, 0) is 10.1 Å². The SMILES string of the molecule is CCCCCCCC[N+](C)(CCCCCCCC)CCCCCCCC.O=S(=O)(O)C(F)(F)C(F)(F)C(F)(F)C(F)(F)F. The van der Waals surface area contributed by atoms with Crippen LogP contribution in [0.15, 0.2) is 0 Å². The van der Waals surface area contributed by atoms with Crippen molar-refractivity contribution < 1.29 is 57.0 Å². The highest BCUT2D eigenvalue weighted by Crippen LogP contribution is 2.54. The molecule has 0 bridgehead atoms. The third-order valence-corrected chi connectivity index (χ3v) is 8.50. The van der Waals surface area contributed by atoms with Crippen molar-refractivity contribution in [2.24, 2.45) is 0 Å². The second kappa shape index (κ2) is 21.1. The van der Waals surface area contributed by atoms with Crippen LogP contribution in [0.25, 0.3) is 0 Å². The van der Waals surface area contributed by atoms with E-state index in [1.165, 1.54) is 140 Å². The van der Waals surface area contributed by atoms with E-state index >= 15 is 0 Å². The van der Waals surface area contributed by atoms with Crippen molar-refractivity contribution in [1.82, 2.24) is 0 Å². The Labute approximate surface area is 253 Å². The zero-order valence-electron chi connectivity index (χ0n) is 26.4. The van der Waals surface area contributed by atoms with Gasteiger partial charge in [0.25, 0.3) is 0 Å². The topological polar surface area (TPSA) is 54.4 Å². The molecule has 0 saturated heterocycles. The van der Waals surface area contributed by atoms with Crippen LogP contribution in [0.2, 0.25) is 0 Å². The molecule has 0 amide bonds. The number of alkyl halides is 9. The molecule has 0 fully saturated rings. The summed E-state index contributed by atoms with van der Waals surface area (Å²) in [5.41, 5.74) is 0. The molecule has 0 aliphatic carbocycles. The summed E-state index contributed by atoms with van der Waals surface area (Å²) in [5, 5.41) is -7.00. The standard InChI is InChI=1S/C25H54N.C4HF9O3S/c1-5-8-11-14-17-20-23-26(4,24-21-18-15-12-9-6-2)25-22-19-16-13-10-7-3;5-1(6,3(9,10)11)2(7,8)4(12,13)17(14,15)16/h5-25H2,1-4H3;(H,14,15,16)/q+1;. The smallest absolute Gasteiger partial charge is 0.326 e. The molecule has 0 rings (SSSR count). The molecule has 0 spiro atoms. The fourth-order valence-electron chi connectivity index (χ4n) is 4.68. The average Bonchev–Trinajstić information content (AvgIpc) is 2.89. The molecule has 1 N–H and O–H groups in total. The highest BCUT2D eigenvalue weighted by molar-refractivity contribution is 7.87. The predicted molar refractivity (Wildman–Crippen MR) is 153 cm³/mol. The quantitative estimate of drug-likeness (QED) is 0.0482. The number of rotatable bonds is 24. The van der Waals surface area contributed by atoms with E-state index in [1.54, 1.807) is 0 Å². The van der Waals surface area contributed by atoms with Crippen molar-refractivity contribution in [3.8, 4) is 0 Å². The second-order valence-corrected chi connectivity index (χ2v) is 13.2. The van der Waals surface area contributed by atoms with Crippen LogP contribution in [0, 0.1) is 0 Å². The van der Waals surface area contributed by atoms with E-state index in [1.807, 2.05) is 0 Å². The molecule has 0 aromatic heterocycles. The van der Waals surface area contributed by atoms with E-state index in [-0.39, 0.29) is 0 Å². The third-order valence-electron chi connectivity index (χ3n) is 7.59. The molecule has 4 nitrogen and oxygen atoms in total. The lowest BCUT2D eigenvalue weighted by atomic mass is 10.1. The first-order chi connectivity index (χ1) is 19.7. The van der Waals surface area contributed by atoms with Gasteiger partial charge in [-0.25, -0.2) is 0 Å².